The van der Waals surface area contributed by atoms with Gasteiger partial charge in [-0.15, -0.1) is 215 Å². The van der Waals surface area contributed by atoms with E-state index >= 15 is 0 Å². The maximum Gasteiger partial charge on any atom is 0.0242 e. The third-order valence-electron chi connectivity index (χ3n) is 15.9. The zero-order chi connectivity index (χ0) is 68.8. The molecule has 0 atom stereocenters. The molecule has 0 saturated heterocycles. The van der Waals surface area contributed by atoms with Crippen LogP contribution in [0.2, 0.25) is 0 Å². The van der Waals surface area contributed by atoms with Crippen molar-refractivity contribution < 1.29 is 60.3 Å². The Morgan fingerprint density at radius 1 is 0.275 bits per heavy atom. The fourth-order valence-electron chi connectivity index (χ4n) is 10.6. The summed E-state index contributed by atoms with van der Waals surface area (Å²) in [6, 6.07) is 116. The van der Waals surface area contributed by atoms with Gasteiger partial charge in [-0.05, 0) is 124 Å². The normalized spacial score (nSPS) is 10.0. The topological polar surface area (TPSA) is 77.3 Å². The minimum Gasteiger partial charge on any atom is -0.304 e. The number of hydrogen-bond acceptors (Lipinski definition) is 6. The summed E-state index contributed by atoms with van der Waals surface area (Å²) < 4.78 is 0. The van der Waals surface area contributed by atoms with Crippen LogP contribution in [0, 0.1) is 64.1 Å². The minimum atomic E-state index is 0. The SMILES string of the molecule is CC(C)c1cc(-c2[c-]cccc2)ncc1-c1ccccc1.CCc1cc(-c2[c-]cccc2)ncc1-c1ccccc1.Cc1cc(-c2[c-]cccc2)ncc1-c1ccccc1.Cc1ccc(-c2[c-]cccc2)nc1.Cc1ccc(-c2[c-]cccc2)nc1.Cc1ccc(-c2[c-]cccc2)nc1.[Ir].[Ir].[Ir]. The molecule has 0 amide bonds. The standard InChI is InChI=1S/C20H18N.C19H16N.C18H14N.3C12H10N.3Ir/c1-15(2)18-13-20(17-11-7-4-8-12-17)21-14-19(18)16-9-5-3-6-10-16;1-2-15-13-19(17-11-7-4-8-12-17)20-14-18(15)16-9-5-3-6-10-16;1-14-12-18(16-10-6-3-7-11-16)19-13-17(14)15-8-4-2-5-9-15;3*1-10-7-8-12(13-9-10)11-5-3-2-4-6-11;;;/h3-11,13-15H,1-2H3;3-11,13-14H,2H2,1H3;2-10,12-13H,1H3;3*2-5,7-9H,1H3;;;/q6*-1;;;. The molecule has 0 aliphatic heterocycles. The molecule has 15 aromatic rings. The quantitative estimate of drug-likeness (QED) is 0.120. The summed E-state index contributed by atoms with van der Waals surface area (Å²) in [5.74, 6) is 0.450. The van der Waals surface area contributed by atoms with Crippen LogP contribution in [0.4, 0.5) is 0 Å². The number of pyridine rings is 6. The second-order valence-electron chi connectivity index (χ2n) is 23.7. The summed E-state index contributed by atoms with van der Waals surface area (Å²) in [7, 11) is 0. The number of nitrogens with zero attached hydrogens (tertiary/aromatic N) is 6. The fraction of sp³-hybridized carbons (Fsp3) is 0.0968. The summed E-state index contributed by atoms with van der Waals surface area (Å²) in [5, 5.41) is 0. The van der Waals surface area contributed by atoms with E-state index < -0.39 is 0 Å². The van der Waals surface area contributed by atoms with Crippen molar-refractivity contribution in [3.8, 4) is 101 Å². The Hall–Kier alpha value is -10.2. The van der Waals surface area contributed by atoms with E-state index in [1.165, 1.54) is 66.8 Å². The Morgan fingerprint density at radius 3 is 0.843 bits per heavy atom. The molecule has 0 aliphatic carbocycles. The minimum absolute atomic E-state index is 0. The van der Waals surface area contributed by atoms with E-state index in [0.717, 1.165) is 74.0 Å². The van der Waals surface area contributed by atoms with Gasteiger partial charge in [0.15, 0.2) is 0 Å². The molecule has 0 saturated carbocycles. The van der Waals surface area contributed by atoms with Gasteiger partial charge < -0.3 is 29.9 Å². The molecule has 3 radical (unpaired) electrons. The maximum atomic E-state index is 4.64. The number of aryl methyl sites for hydroxylation is 5. The van der Waals surface area contributed by atoms with Gasteiger partial charge in [0.1, 0.15) is 0 Å². The van der Waals surface area contributed by atoms with Crippen LogP contribution < -0.4 is 0 Å². The zero-order valence-electron chi connectivity index (χ0n) is 58.1. The van der Waals surface area contributed by atoms with Crippen LogP contribution in [0.15, 0.2) is 328 Å². The largest absolute Gasteiger partial charge is 0.304 e. The number of aromatic nitrogens is 6. The number of hydrogen-bond donors (Lipinski definition) is 0. The fourth-order valence-corrected chi connectivity index (χ4v) is 10.6. The third kappa shape index (κ3) is 23.7. The van der Waals surface area contributed by atoms with E-state index in [2.05, 4.69) is 197 Å². The molecule has 6 nitrogen and oxygen atoms in total. The van der Waals surface area contributed by atoms with Crippen LogP contribution >= 0.6 is 0 Å². The van der Waals surface area contributed by atoms with E-state index in [-0.39, 0.29) is 60.3 Å². The van der Waals surface area contributed by atoms with Gasteiger partial charge in [0.25, 0.3) is 0 Å². The molecular formula is C93H78Ir3N6-6. The van der Waals surface area contributed by atoms with Crippen molar-refractivity contribution in [1.82, 2.24) is 29.9 Å². The molecule has 102 heavy (non-hydrogen) atoms. The predicted molar refractivity (Wildman–Crippen MR) is 410 cm³/mol. The van der Waals surface area contributed by atoms with E-state index in [1.807, 2.05) is 246 Å². The molecule has 0 N–H and O–H groups in total. The van der Waals surface area contributed by atoms with E-state index in [0.29, 0.717) is 5.92 Å². The summed E-state index contributed by atoms with van der Waals surface area (Å²) >= 11 is 0. The van der Waals surface area contributed by atoms with E-state index in [1.54, 1.807) is 0 Å². The van der Waals surface area contributed by atoms with Crippen LogP contribution in [0.25, 0.3) is 101 Å². The van der Waals surface area contributed by atoms with Crippen LogP contribution in [0.5, 0.6) is 0 Å². The number of rotatable bonds is 11. The summed E-state index contributed by atoms with van der Waals surface area (Å²) in [4.78, 5) is 26.7. The summed E-state index contributed by atoms with van der Waals surface area (Å²) in [6.45, 7) is 14.8. The third-order valence-corrected chi connectivity index (χ3v) is 15.9. The monoisotopic (exact) mass is 1860 g/mol. The van der Waals surface area contributed by atoms with Crippen molar-refractivity contribution in [2.45, 2.75) is 60.8 Å². The molecule has 6 heterocycles. The summed E-state index contributed by atoms with van der Waals surface area (Å²) in [6.07, 6.45) is 12.5. The average Bonchev–Trinajstić information content (AvgIpc) is 0.839. The predicted octanol–water partition coefficient (Wildman–Crippen LogP) is 23.2. The van der Waals surface area contributed by atoms with Gasteiger partial charge in [0, 0.05) is 114 Å². The first-order chi connectivity index (χ1) is 48.6. The molecule has 9 aromatic carbocycles. The van der Waals surface area contributed by atoms with Crippen molar-refractivity contribution in [2.24, 2.45) is 0 Å². The van der Waals surface area contributed by atoms with Gasteiger partial charge in [-0.3, -0.25) is 0 Å². The van der Waals surface area contributed by atoms with Gasteiger partial charge in [0.05, 0.1) is 0 Å². The Morgan fingerprint density at radius 2 is 0.549 bits per heavy atom. The smallest absolute Gasteiger partial charge is 0.0242 e. The zero-order valence-corrected chi connectivity index (χ0v) is 65.3. The molecule has 513 valence electrons. The molecule has 15 rings (SSSR count). The van der Waals surface area contributed by atoms with Gasteiger partial charge in [-0.2, -0.15) is 0 Å². The molecule has 0 fully saturated rings. The molecule has 6 aromatic heterocycles. The Balaban J connectivity index is 0.000000172. The second kappa shape index (κ2) is 42.2. The first-order valence-corrected chi connectivity index (χ1v) is 33.3. The molecule has 0 spiro atoms. The number of benzene rings is 9. The molecule has 0 aliphatic rings. The Bertz CT molecular complexity index is 4620. The molecular weight excluding hydrogens is 1780 g/mol. The molecule has 9 heteroatoms. The van der Waals surface area contributed by atoms with Crippen molar-refractivity contribution in [2.75, 3.05) is 0 Å². The molecule has 0 bridgehead atoms. The van der Waals surface area contributed by atoms with Gasteiger partial charge >= 0.3 is 0 Å². The van der Waals surface area contributed by atoms with Crippen LogP contribution in [-0.2, 0) is 66.7 Å². The Labute approximate surface area is 644 Å². The maximum absolute atomic E-state index is 4.64. The second-order valence-corrected chi connectivity index (χ2v) is 23.7. The molecule has 0 unspecified atom stereocenters. The van der Waals surface area contributed by atoms with Crippen LogP contribution in [0.3, 0.4) is 0 Å². The van der Waals surface area contributed by atoms with Gasteiger partial charge in [-0.25, -0.2) is 0 Å². The van der Waals surface area contributed by atoms with Crippen molar-refractivity contribution in [3.05, 3.63) is 398 Å². The van der Waals surface area contributed by atoms with Crippen molar-refractivity contribution in [3.63, 3.8) is 0 Å². The van der Waals surface area contributed by atoms with Crippen molar-refractivity contribution >= 4 is 0 Å². The van der Waals surface area contributed by atoms with E-state index in [9.17, 15) is 0 Å². The van der Waals surface area contributed by atoms with Gasteiger partial charge in [0.2, 0.25) is 0 Å². The Kier molecular flexibility index (Phi) is 32.7. The van der Waals surface area contributed by atoms with Crippen molar-refractivity contribution in [1.29, 1.82) is 0 Å². The van der Waals surface area contributed by atoms with Crippen LogP contribution in [-0.4, -0.2) is 29.9 Å². The van der Waals surface area contributed by atoms with E-state index in [4.69, 9.17) is 0 Å². The van der Waals surface area contributed by atoms with Crippen LogP contribution in [0.1, 0.15) is 60.1 Å². The summed E-state index contributed by atoms with van der Waals surface area (Å²) in [5.41, 5.74) is 26.8. The first kappa shape index (κ1) is 79.2. The first-order valence-electron chi connectivity index (χ1n) is 33.3. The van der Waals surface area contributed by atoms with Gasteiger partial charge in [-0.1, -0.05) is 166 Å². The average molecular weight is 1860 g/mol.